The molecule has 0 aliphatic carbocycles. The Morgan fingerprint density at radius 1 is 0.902 bits per heavy atom. The highest BCUT2D eigenvalue weighted by atomic mass is 28.4. The molecule has 0 saturated carbocycles. The molecular weight excluding hydrogens is 797 g/mol. The van der Waals surface area contributed by atoms with E-state index in [0.29, 0.717) is 44.0 Å². The molecule has 348 valence electrons. The van der Waals surface area contributed by atoms with Crippen molar-refractivity contribution in [1.82, 2.24) is 30.7 Å². The van der Waals surface area contributed by atoms with Gasteiger partial charge in [-0.2, -0.15) is 0 Å². The van der Waals surface area contributed by atoms with E-state index in [1.54, 1.807) is 37.7 Å². The Bertz CT molecular complexity index is 1550. The number of urea groups is 1. The second-order valence-corrected chi connectivity index (χ2v) is 22.5. The van der Waals surface area contributed by atoms with Crippen LogP contribution in [0.3, 0.4) is 0 Å². The molecule has 15 nitrogen and oxygen atoms in total. The van der Waals surface area contributed by atoms with Crippen molar-refractivity contribution >= 4 is 38.0 Å². The predicted molar refractivity (Wildman–Crippen MR) is 241 cm³/mol. The van der Waals surface area contributed by atoms with Gasteiger partial charge in [0, 0.05) is 41.4 Å². The second-order valence-electron chi connectivity index (χ2n) is 18.4. The maximum Gasteiger partial charge on any atom is 0.317 e. The van der Waals surface area contributed by atoms with E-state index in [0.717, 1.165) is 6.42 Å². The van der Waals surface area contributed by atoms with Crippen LogP contribution in [0.1, 0.15) is 99.2 Å². The van der Waals surface area contributed by atoms with Crippen LogP contribution in [0.15, 0.2) is 30.3 Å². The van der Waals surface area contributed by atoms with E-state index in [4.69, 9.17) is 9.47 Å². The number of nitrogens with zero attached hydrogens (tertiary/aromatic N) is 3. The highest BCUT2D eigenvalue weighted by Crippen LogP contribution is 2.30. The molecule has 0 aromatic heterocycles. The van der Waals surface area contributed by atoms with Gasteiger partial charge in [0.25, 0.3) is 0 Å². The van der Waals surface area contributed by atoms with E-state index >= 15 is 0 Å². The van der Waals surface area contributed by atoms with Crippen molar-refractivity contribution in [3.63, 3.8) is 0 Å². The summed E-state index contributed by atoms with van der Waals surface area (Å²) >= 11 is 0. The van der Waals surface area contributed by atoms with Crippen molar-refractivity contribution < 1.29 is 43.3 Å². The van der Waals surface area contributed by atoms with Gasteiger partial charge in [0.05, 0.1) is 48.8 Å². The van der Waals surface area contributed by atoms with Crippen LogP contribution in [0.2, 0.25) is 19.1 Å². The molecular formula is C45H80N6O9Si. The van der Waals surface area contributed by atoms with Gasteiger partial charge < -0.3 is 50.0 Å². The number of benzene rings is 1. The number of likely N-dealkylation sites (tertiary alicyclic amines) is 1. The summed E-state index contributed by atoms with van der Waals surface area (Å²) in [5.41, 5.74) is 0.695. The maximum absolute atomic E-state index is 14.5. The zero-order chi connectivity index (χ0) is 46.4. The van der Waals surface area contributed by atoms with E-state index in [1.807, 2.05) is 85.0 Å². The molecule has 10 atom stereocenters. The molecule has 0 unspecified atom stereocenters. The molecule has 1 aliphatic heterocycles. The van der Waals surface area contributed by atoms with Crippen LogP contribution in [0.5, 0.6) is 0 Å². The van der Waals surface area contributed by atoms with Crippen molar-refractivity contribution in [2.24, 2.45) is 23.7 Å². The van der Waals surface area contributed by atoms with E-state index in [2.05, 4.69) is 16.0 Å². The van der Waals surface area contributed by atoms with E-state index in [9.17, 15) is 33.9 Å². The van der Waals surface area contributed by atoms with Gasteiger partial charge >= 0.3 is 6.03 Å². The van der Waals surface area contributed by atoms with Crippen molar-refractivity contribution in [2.75, 3.05) is 41.4 Å². The molecule has 61 heavy (non-hydrogen) atoms. The van der Waals surface area contributed by atoms with Crippen LogP contribution < -0.4 is 16.0 Å². The first-order valence-corrected chi connectivity index (χ1v) is 25.4. The van der Waals surface area contributed by atoms with Crippen molar-refractivity contribution in [2.45, 2.75) is 155 Å². The summed E-state index contributed by atoms with van der Waals surface area (Å²) in [4.78, 5) is 84.3. The summed E-state index contributed by atoms with van der Waals surface area (Å²) in [6.07, 6.45) is 0.451. The Balaban J connectivity index is 2.25. The zero-order valence-electron chi connectivity index (χ0n) is 39.6. The predicted octanol–water partition coefficient (Wildman–Crippen LogP) is 4.54. The molecule has 1 saturated heterocycles. The van der Waals surface area contributed by atoms with Gasteiger partial charge in [-0.05, 0) is 68.6 Å². The fourth-order valence-corrected chi connectivity index (χ4v) is 9.59. The Morgan fingerprint density at radius 2 is 1.52 bits per heavy atom. The molecule has 1 aromatic carbocycles. The standard InChI is InChI=1S/C45H80N6O9Si/c1-15-30(6)39(49(9)44(56)37(28(2)3)48-43(55)38(29(4)5)50(10)45(57)46-24-20-26-61(13,14)58)35(59-11)27-36(52)51-25-19-23-34(51)41(60-12)31(7)42(54)47-32(8)40(53)33-21-17-16-18-22-33/h16-18,21-22,28-32,34-35,37-41,53,58H,15,19-20,23-27H2,1-14H3,(H,46,57)(H,47,54)(H,48,55)/t30-,31+,32+,34-,35+,37-,38-,39-,40+,41+/m1/s1. The molecule has 1 heterocycles. The summed E-state index contributed by atoms with van der Waals surface area (Å²) < 4.78 is 12.0. The number of methoxy groups -OCH3 is 2. The van der Waals surface area contributed by atoms with Gasteiger partial charge in [-0.25, -0.2) is 4.79 Å². The third-order valence-corrected chi connectivity index (χ3v) is 13.9. The molecule has 0 bridgehead atoms. The fourth-order valence-electron chi connectivity index (χ4n) is 8.54. The molecule has 16 heteroatoms. The van der Waals surface area contributed by atoms with E-state index in [1.165, 1.54) is 19.1 Å². The Kier molecular flexibility index (Phi) is 21.9. The summed E-state index contributed by atoms with van der Waals surface area (Å²) in [6, 6.07) is 6.10. The number of aliphatic hydroxyl groups is 1. The first-order valence-electron chi connectivity index (χ1n) is 22.2. The topological polar surface area (TPSA) is 190 Å². The maximum atomic E-state index is 14.5. The number of nitrogens with one attached hydrogen (secondary N) is 3. The lowest BCUT2D eigenvalue weighted by atomic mass is 9.89. The Morgan fingerprint density at radius 3 is 2.05 bits per heavy atom. The minimum atomic E-state index is -2.25. The van der Waals surface area contributed by atoms with Gasteiger partial charge in [-0.15, -0.1) is 0 Å². The van der Waals surface area contributed by atoms with Crippen LogP contribution >= 0.6 is 0 Å². The number of hydrogen-bond acceptors (Lipinski definition) is 9. The van der Waals surface area contributed by atoms with E-state index in [-0.39, 0.29) is 47.9 Å². The molecule has 2 rings (SSSR count). The first-order chi connectivity index (χ1) is 28.5. The molecule has 1 fully saturated rings. The van der Waals surface area contributed by atoms with Crippen LogP contribution in [-0.2, 0) is 28.7 Å². The number of aliphatic hydroxyl groups excluding tert-OH is 1. The summed E-state index contributed by atoms with van der Waals surface area (Å²) in [6.45, 7) is 19.5. The average Bonchev–Trinajstić information content (AvgIpc) is 3.70. The third kappa shape index (κ3) is 15.3. The largest absolute Gasteiger partial charge is 0.432 e. The molecule has 1 aliphatic rings. The number of carbonyl (C=O) groups excluding carboxylic acids is 5. The van der Waals surface area contributed by atoms with Crippen LogP contribution in [-0.4, -0.2) is 146 Å². The van der Waals surface area contributed by atoms with Crippen LogP contribution in [0.25, 0.3) is 0 Å². The van der Waals surface area contributed by atoms with Gasteiger partial charge in [0.1, 0.15) is 12.1 Å². The molecule has 5 N–H and O–H groups in total. The third-order valence-electron chi connectivity index (χ3n) is 12.4. The summed E-state index contributed by atoms with van der Waals surface area (Å²) in [7, 11) is 4.07. The molecule has 0 spiro atoms. The van der Waals surface area contributed by atoms with Gasteiger partial charge in [-0.3, -0.25) is 19.2 Å². The van der Waals surface area contributed by atoms with Crippen molar-refractivity contribution in [3.8, 4) is 0 Å². The Hall–Kier alpha value is -3.57. The lowest BCUT2D eigenvalue weighted by Gasteiger charge is -2.41. The minimum Gasteiger partial charge on any atom is -0.432 e. The number of ether oxygens (including phenoxy) is 2. The van der Waals surface area contributed by atoms with Crippen LogP contribution in [0, 0.1) is 23.7 Å². The fraction of sp³-hybridized carbons (Fsp3) is 0.756. The zero-order valence-corrected chi connectivity index (χ0v) is 40.6. The quantitative estimate of drug-likeness (QED) is 0.0734. The number of amides is 6. The second kappa shape index (κ2) is 24.9. The molecule has 1 aromatic rings. The average molecular weight is 877 g/mol. The monoisotopic (exact) mass is 877 g/mol. The van der Waals surface area contributed by atoms with Gasteiger partial charge in [0.2, 0.25) is 23.6 Å². The summed E-state index contributed by atoms with van der Waals surface area (Å²) in [5.74, 6) is -2.56. The number of likely N-dealkylation sites (N-methyl/N-ethyl adjacent to an activating group) is 2. The smallest absolute Gasteiger partial charge is 0.317 e. The first kappa shape index (κ1) is 53.6. The lowest BCUT2D eigenvalue weighted by Crippen LogP contribution is -2.61. The highest BCUT2D eigenvalue weighted by Gasteiger charge is 2.43. The highest BCUT2D eigenvalue weighted by molar-refractivity contribution is 6.69. The number of hydrogen-bond donors (Lipinski definition) is 5. The lowest BCUT2D eigenvalue weighted by molar-refractivity contribution is -0.148. The number of rotatable bonds is 24. The minimum absolute atomic E-state index is 0.0248. The van der Waals surface area contributed by atoms with Gasteiger partial charge in [0.15, 0.2) is 8.32 Å². The molecule has 6 amide bonds. The van der Waals surface area contributed by atoms with Crippen molar-refractivity contribution in [1.29, 1.82) is 0 Å². The van der Waals surface area contributed by atoms with Gasteiger partial charge in [-0.1, -0.05) is 85.2 Å². The number of carbonyl (C=O) groups is 5. The normalized spacial score (nSPS) is 18.9. The molecule has 0 radical (unpaired) electrons. The van der Waals surface area contributed by atoms with Crippen LogP contribution in [0.4, 0.5) is 4.79 Å². The van der Waals surface area contributed by atoms with E-state index < -0.39 is 68.7 Å². The Labute approximate surface area is 367 Å². The SMILES string of the molecule is CC[C@@H](C)[C@H]([C@H](CC(=O)N1CCC[C@@H]1[C@@H](OC)[C@H](C)C(=O)N[C@@H](C)[C@H](O)c1ccccc1)OC)N(C)C(=O)[C@H](NC(=O)[C@@H](C(C)C)N(C)C(=O)NCCC[Si](C)(C)O)C(C)C. The van der Waals surface area contributed by atoms with Crippen molar-refractivity contribution in [3.05, 3.63) is 35.9 Å². The summed E-state index contributed by atoms with van der Waals surface area (Å²) in [5, 5.41) is 19.6.